The van der Waals surface area contributed by atoms with Crippen molar-refractivity contribution in [3.63, 3.8) is 0 Å². The third-order valence-electron chi connectivity index (χ3n) is 3.54. The fourth-order valence-electron chi connectivity index (χ4n) is 2.21. The van der Waals surface area contributed by atoms with Crippen LogP contribution in [-0.2, 0) is 6.42 Å². The number of rotatable bonds is 7. The third kappa shape index (κ3) is 3.86. The van der Waals surface area contributed by atoms with Gasteiger partial charge in [0.05, 0.1) is 19.9 Å². The van der Waals surface area contributed by atoms with Gasteiger partial charge in [0.25, 0.3) is 0 Å². The second kappa shape index (κ2) is 7.83. The molecule has 0 N–H and O–H groups in total. The summed E-state index contributed by atoms with van der Waals surface area (Å²) in [6.45, 7) is 0. The maximum Gasteiger partial charge on any atom is 0.214 e. The number of thioether (sulfide) groups is 1. The van der Waals surface area contributed by atoms with Crippen molar-refractivity contribution in [2.45, 2.75) is 11.6 Å². The Bertz CT molecular complexity index is 772. The van der Waals surface area contributed by atoms with Crippen molar-refractivity contribution >= 4 is 11.8 Å². The van der Waals surface area contributed by atoms with Crippen LogP contribution in [0.2, 0.25) is 0 Å². The van der Waals surface area contributed by atoms with Gasteiger partial charge in [-0.2, -0.15) is 4.68 Å². The largest absolute Gasteiger partial charge is 0.497 e. The van der Waals surface area contributed by atoms with Gasteiger partial charge in [-0.15, -0.1) is 5.10 Å². The lowest BCUT2D eigenvalue weighted by molar-refractivity contribution is 0.414. The molecule has 7 heteroatoms. The van der Waals surface area contributed by atoms with Crippen molar-refractivity contribution in [2.75, 3.05) is 20.0 Å². The summed E-state index contributed by atoms with van der Waals surface area (Å²) in [4.78, 5) is 0. The summed E-state index contributed by atoms with van der Waals surface area (Å²) in [6.07, 6.45) is 0.935. The Hall–Kier alpha value is -2.54. The molecule has 0 aliphatic rings. The summed E-state index contributed by atoms with van der Waals surface area (Å²) in [5, 5.41) is 12.7. The molecule has 0 fully saturated rings. The van der Waals surface area contributed by atoms with Crippen LogP contribution in [0, 0.1) is 0 Å². The summed E-state index contributed by atoms with van der Waals surface area (Å²) in [7, 11) is 3.32. The zero-order valence-corrected chi connectivity index (χ0v) is 14.4. The van der Waals surface area contributed by atoms with E-state index in [2.05, 4.69) is 27.7 Å². The first-order chi connectivity index (χ1) is 11.8. The number of hydrogen-bond donors (Lipinski definition) is 0. The smallest absolute Gasteiger partial charge is 0.214 e. The first-order valence-corrected chi connectivity index (χ1v) is 8.47. The van der Waals surface area contributed by atoms with E-state index in [1.165, 1.54) is 5.56 Å². The van der Waals surface area contributed by atoms with E-state index in [1.54, 1.807) is 30.7 Å². The summed E-state index contributed by atoms with van der Waals surface area (Å²) >= 11 is 1.63. The van der Waals surface area contributed by atoms with Crippen molar-refractivity contribution < 1.29 is 9.47 Å². The second-order valence-electron chi connectivity index (χ2n) is 5.02. The van der Waals surface area contributed by atoms with Crippen LogP contribution in [0.3, 0.4) is 0 Å². The van der Waals surface area contributed by atoms with Gasteiger partial charge in [0.15, 0.2) is 0 Å². The predicted octanol–water partition coefficient (Wildman–Crippen LogP) is 3.01. The Kier molecular flexibility index (Phi) is 5.32. The summed E-state index contributed by atoms with van der Waals surface area (Å²) < 4.78 is 12.1. The Morgan fingerprint density at radius 2 is 1.54 bits per heavy atom. The number of tetrazole rings is 1. The fraction of sp³-hybridized carbons (Fsp3) is 0.235. The molecule has 0 bridgehead atoms. The van der Waals surface area contributed by atoms with Gasteiger partial charge in [0, 0.05) is 5.75 Å². The van der Waals surface area contributed by atoms with E-state index in [1.807, 2.05) is 36.4 Å². The zero-order chi connectivity index (χ0) is 16.8. The fourth-order valence-corrected chi connectivity index (χ4v) is 3.09. The summed E-state index contributed by atoms with van der Waals surface area (Å²) in [5.74, 6) is 2.57. The Morgan fingerprint density at radius 1 is 0.917 bits per heavy atom. The highest BCUT2D eigenvalue weighted by atomic mass is 32.2. The molecule has 0 unspecified atom stereocenters. The van der Waals surface area contributed by atoms with Crippen LogP contribution in [0.15, 0.2) is 53.7 Å². The Labute approximate surface area is 144 Å². The highest BCUT2D eigenvalue weighted by Crippen LogP contribution is 2.21. The van der Waals surface area contributed by atoms with E-state index in [0.717, 1.165) is 34.5 Å². The minimum absolute atomic E-state index is 0.772. The lowest BCUT2D eigenvalue weighted by atomic mass is 10.2. The number of methoxy groups -OCH3 is 2. The molecule has 0 aliphatic carbocycles. The Morgan fingerprint density at radius 3 is 2.17 bits per heavy atom. The number of ether oxygens (including phenoxy) is 2. The van der Waals surface area contributed by atoms with Crippen LogP contribution in [-0.4, -0.2) is 40.2 Å². The van der Waals surface area contributed by atoms with E-state index >= 15 is 0 Å². The Balaban J connectivity index is 1.62. The molecule has 0 amide bonds. The minimum Gasteiger partial charge on any atom is -0.497 e. The molecule has 2 aromatic carbocycles. The molecule has 124 valence electrons. The first kappa shape index (κ1) is 16.3. The number of nitrogens with zero attached hydrogens (tertiary/aromatic N) is 4. The number of aromatic nitrogens is 4. The molecule has 1 aromatic heterocycles. The van der Waals surface area contributed by atoms with E-state index in [4.69, 9.17) is 9.47 Å². The van der Waals surface area contributed by atoms with Gasteiger partial charge in [0.1, 0.15) is 11.5 Å². The third-order valence-corrected chi connectivity index (χ3v) is 4.46. The second-order valence-corrected chi connectivity index (χ2v) is 6.08. The SMILES string of the molecule is COc1ccc(CCSc2nnnn2-c2ccc(OC)cc2)cc1. The van der Waals surface area contributed by atoms with E-state index in [-0.39, 0.29) is 0 Å². The topological polar surface area (TPSA) is 62.1 Å². The molecular formula is C17H18N4O2S. The van der Waals surface area contributed by atoms with Gasteiger partial charge < -0.3 is 9.47 Å². The molecule has 0 spiro atoms. The van der Waals surface area contributed by atoms with Crippen LogP contribution in [0.4, 0.5) is 0 Å². The molecule has 0 aliphatic heterocycles. The summed E-state index contributed by atoms with van der Waals surface area (Å²) in [6, 6.07) is 15.7. The quantitative estimate of drug-likeness (QED) is 0.615. The van der Waals surface area contributed by atoms with Crippen molar-refractivity contribution in [1.29, 1.82) is 0 Å². The molecular weight excluding hydrogens is 324 g/mol. The molecule has 24 heavy (non-hydrogen) atoms. The normalized spacial score (nSPS) is 10.6. The molecule has 3 rings (SSSR count). The number of aryl methyl sites for hydroxylation is 1. The molecule has 3 aromatic rings. The van der Waals surface area contributed by atoms with Gasteiger partial charge in [-0.25, -0.2) is 0 Å². The molecule has 0 radical (unpaired) electrons. The van der Waals surface area contributed by atoms with Gasteiger partial charge in [-0.3, -0.25) is 0 Å². The van der Waals surface area contributed by atoms with Crippen molar-refractivity contribution in [3.05, 3.63) is 54.1 Å². The zero-order valence-electron chi connectivity index (χ0n) is 13.5. The van der Waals surface area contributed by atoms with Crippen molar-refractivity contribution in [2.24, 2.45) is 0 Å². The average Bonchev–Trinajstić information content (AvgIpc) is 3.11. The van der Waals surface area contributed by atoms with E-state index in [9.17, 15) is 0 Å². The van der Waals surface area contributed by atoms with E-state index < -0.39 is 0 Å². The molecule has 0 atom stereocenters. The minimum atomic E-state index is 0.772. The van der Waals surface area contributed by atoms with Gasteiger partial charge in [-0.1, -0.05) is 23.9 Å². The molecule has 0 saturated heterocycles. The maximum atomic E-state index is 5.17. The average molecular weight is 342 g/mol. The summed E-state index contributed by atoms with van der Waals surface area (Å²) in [5.41, 5.74) is 2.17. The first-order valence-electron chi connectivity index (χ1n) is 7.48. The van der Waals surface area contributed by atoms with Crippen LogP contribution in [0.25, 0.3) is 5.69 Å². The predicted molar refractivity (Wildman–Crippen MR) is 93.1 cm³/mol. The maximum absolute atomic E-state index is 5.17. The standard InChI is InChI=1S/C17H18N4O2S/c1-22-15-7-3-13(4-8-15)11-12-24-17-18-19-20-21(17)14-5-9-16(23-2)10-6-14/h3-10H,11-12H2,1-2H3. The van der Waals surface area contributed by atoms with E-state index in [0.29, 0.717) is 0 Å². The van der Waals surface area contributed by atoms with Crippen molar-refractivity contribution in [1.82, 2.24) is 20.2 Å². The highest BCUT2D eigenvalue weighted by molar-refractivity contribution is 7.99. The van der Waals surface area contributed by atoms with Crippen molar-refractivity contribution in [3.8, 4) is 17.2 Å². The molecule has 6 nitrogen and oxygen atoms in total. The number of benzene rings is 2. The van der Waals surface area contributed by atoms with Gasteiger partial charge in [0.2, 0.25) is 5.16 Å². The highest BCUT2D eigenvalue weighted by Gasteiger charge is 2.09. The molecule has 1 heterocycles. The molecule has 0 saturated carbocycles. The number of hydrogen-bond acceptors (Lipinski definition) is 6. The lowest BCUT2D eigenvalue weighted by Gasteiger charge is -2.06. The van der Waals surface area contributed by atoms with Crippen LogP contribution < -0.4 is 9.47 Å². The van der Waals surface area contributed by atoms with Gasteiger partial charge in [-0.05, 0) is 58.8 Å². The monoisotopic (exact) mass is 342 g/mol. The van der Waals surface area contributed by atoms with Crippen LogP contribution in [0.5, 0.6) is 11.5 Å². The lowest BCUT2D eigenvalue weighted by Crippen LogP contribution is -2.00. The van der Waals surface area contributed by atoms with Gasteiger partial charge >= 0.3 is 0 Å². The van der Waals surface area contributed by atoms with Crippen LogP contribution >= 0.6 is 11.8 Å². The van der Waals surface area contributed by atoms with Crippen LogP contribution in [0.1, 0.15) is 5.56 Å².